The fourth-order valence-electron chi connectivity index (χ4n) is 7.76. The largest absolute Gasteiger partial charge is 0.294 e. The fourth-order valence-corrected chi connectivity index (χ4v) is 7.76. The highest BCUT2D eigenvalue weighted by atomic mass is 15.2. The van der Waals surface area contributed by atoms with Crippen molar-refractivity contribution in [2.45, 2.75) is 26.2 Å². The summed E-state index contributed by atoms with van der Waals surface area (Å²) in [5.41, 5.74) is 5.82. The highest BCUT2D eigenvalue weighted by Gasteiger charge is 2.22. The molecule has 0 N–H and O–H groups in total. The lowest BCUT2D eigenvalue weighted by molar-refractivity contribution is -0.571. The molecule has 7 aromatic carbocycles. The van der Waals surface area contributed by atoms with Gasteiger partial charge < -0.3 is 0 Å². The van der Waals surface area contributed by atoms with Gasteiger partial charge in [-0.3, -0.25) is 13.7 Å². The van der Waals surface area contributed by atoms with Gasteiger partial charge in [0, 0.05) is 17.0 Å². The summed E-state index contributed by atoms with van der Waals surface area (Å²) in [6.07, 6.45) is 7.64. The molecule has 59 heavy (non-hydrogen) atoms. The van der Waals surface area contributed by atoms with Crippen LogP contribution < -0.4 is 9.47 Å². The van der Waals surface area contributed by atoms with E-state index in [1.54, 1.807) is 39.5 Å². The lowest BCUT2D eigenvalue weighted by Gasteiger charge is -2.20. The van der Waals surface area contributed by atoms with Crippen molar-refractivity contribution in [1.29, 1.82) is 5.26 Å². The minimum Gasteiger partial charge on any atom is -0.294 e. The second kappa shape index (κ2) is 14.3. The number of imidazole rings is 1. The normalized spacial score (nSPS) is 14.0. The Morgan fingerprint density at radius 2 is 1.31 bits per heavy atom. The van der Waals surface area contributed by atoms with E-state index in [1.807, 2.05) is 79.0 Å². The molecule has 10 aromatic rings. The van der Waals surface area contributed by atoms with Crippen molar-refractivity contribution in [2.24, 2.45) is 0 Å². The summed E-state index contributed by atoms with van der Waals surface area (Å²) in [6, 6.07) is 32.2. The standard InChI is InChI=1S/C53H40N6/c1-53(2,3)39-30-31-55-51(32-39)59-47-25-11-10-22-45(47)46-29-28-42(34-50(46)59)56(35-54)40-20-14-21-41(33-40)57-36-58(49-27-13-12-26-48(49)57)52-43(37-16-6-4-7-17-37)23-15-24-44(52)38-18-8-5-9-19-38/h4-34H,1-3H3/i4D,5D,6D,7D,8D,9D,16D,17D,18D,19D. The molecule has 3 aromatic heterocycles. The molecule has 6 heteroatoms. The Bertz CT molecular complexity index is 3680. The van der Waals surface area contributed by atoms with Crippen LogP contribution in [-0.4, -0.2) is 14.1 Å². The average Bonchev–Trinajstić information content (AvgIpc) is 3.90. The number of anilines is 2. The first-order valence-electron chi connectivity index (χ1n) is 24.0. The number of fused-ring (bicyclic) bond motifs is 4. The highest BCUT2D eigenvalue weighted by Crippen LogP contribution is 2.38. The summed E-state index contributed by atoms with van der Waals surface area (Å²) in [6.45, 7) is 6.48. The van der Waals surface area contributed by atoms with E-state index in [-0.39, 0.29) is 33.4 Å². The van der Waals surface area contributed by atoms with Crippen LogP contribution in [-0.2, 0) is 5.41 Å². The molecule has 282 valence electrons. The summed E-state index contributed by atoms with van der Waals surface area (Å²) in [7, 11) is 0. The zero-order chi connectivity index (χ0) is 48.8. The Labute approximate surface area is 357 Å². The number of rotatable bonds is 7. The molecular weight excluding hydrogens is 721 g/mol. The minimum atomic E-state index is -0.579. The van der Waals surface area contributed by atoms with Crippen LogP contribution in [0.4, 0.5) is 11.4 Å². The summed E-state index contributed by atoms with van der Waals surface area (Å²) < 4.78 is 92.4. The van der Waals surface area contributed by atoms with Gasteiger partial charge in [-0.15, -0.1) is 0 Å². The number of aromatic nitrogens is 4. The third kappa shape index (κ3) is 6.21. The van der Waals surface area contributed by atoms with Gasteiger partial charge in [-0.1, -0.05) is 154 Å². The Hall–Kier alpha value is -7.75. The zero-order valence-electron chi connectivity index (χ0n) is 42.3. The van der Waals surface area contributed by atoms with Gasteiger partial charge in [0.1, 0.15) is 5.82 Å². The van der Waals surface area contributed by atoms with Crippen molar-refractivity contribution in [3.05, 3.63) is 200 Å². The molecule has 0 radical (unpaired) electrons. The zero-order valence-corrected chi connectivity index (χ0v) is 32.3. The number of nitrogens with zero attached hydrogens (tertiary/aromatic N) is 6. The SMILES string of the molecule is [2H]c1c([2H])c([2H])c(-c2cccc(-c3c([2H])c([2H])c([2H])c([2H])c3[2H])c2-[n+]2[c-]n(-c3cccc(N(C#N)c4ccc5c6ccccc6n(-c6cc(C(C)(C)C)ccn6)c5c4)c3)c3ccccc32)c([2H])c1[2H]. The summed E-state index contributed by atoms with van der Waals surface area (Å²) in [4.78, 5) is 6.35. The van der Waals surface area contributed by atoms with Crippen molar-refractivity contribution in [3.63, 3.8) is 0 Å². The molecule has 0 aliphatic rings. The fraction of sp³-hybridized carbons (Fsp3) is 0.0755. The van der Waals surface area contributed by atoms with Crippen LogP contribution >= 0.6 is 0 Å². The molecule has 0 spiro atoms. The van der Waals surface area contributed by atoms with E-state index in [0.717, 1.165) is 33.2 Å². The van der Waals surface area contributed by atoms with Crippen LogP contribution in [0.15, 0.2) is 188 Å². The van der Waals surface area contributed by atoms with Gasteiger partial charge in [-0.05, 0) is 81.8 Å². The van der Waals surface area contributed by atoms with E-state index < -0.39 is 60.4 Å². The van der Waals surface area contributed by atoms with E-state index >= 15 is 0 Å². The number of hydrogen-bond donors (Lipinski definition) is 0. The topological polar surface area (TPSA) is 53.7 Å². The molecule has 0 atom stereocenters. The quantitative estimate of drug-likeness (QED) is 0.0702. The number of hydrogen-bond acceptors (Lipinski definition) is 3. The van der Waals surface area contributed by atoms with Crippen LogP contribution in [0.25, 0.3) is 72.3 Å². The van der Waals surface area contributed by atoms with Gasteiger partial charge in [0.05, 0.1) is 58.5 Å². The first kappa shape index (κ1) is 26.2. The number of nitriles is 1. The molecule has 0 amide bonds. The maximum absolute atomic E-state index is 10.9. The van der Waals surface area contributed by atoms with E-state index in [0.29, 0.717) is 28.1 Å². The van der Waals surface area contributed by atoms with Gasteiger partial charge in [0.15, 0.2) is 6.19 Å². The van der Waals surface area contributed by atoms with Crippen LogP contribution in [0.5, 0.6) is 0 Å². The lowest BCUT2D eigenvalue weighted by atomic mass is 9.88. The molecule has 0 aliphatic heterocycles. The predicted octanol–water partition coefficient (Wildman–Crippen LogP) is 12.5. The van der Waals surface area contributed by atoms with Crippen LogP contribution in [0, 0.1) is 17.8 Å². The van der Waals surface area contributed by atoms with Gasteiger partial charge in [-0.2, -0.15) is 5.26 Å². The molecule has 0 unspecified atom stereocenters. The van der Waals surface area contributed by atoms with E-state index in [1.165, 1.54) is 4.90 Å². The second-order valence-electron chi connectivity index (χ2n) is 15.1. The van der Waals surface area contributed by atoms with Gasteiger partial charge in [0.2, 0.25) is 0 Å². The Morgan fingerprint density at radius 3 is 2.02 bits per heavy atom. The molecule has 10 rings (SSSR count). The van der Waals surface area contributed by atoms with E-state index in [4.69, 9.17) is 18.7 Å². The highest BCUT2D eigenvalue weighted by molar-refractivity contribution is 6.10. The van der Waals surface area contributed by atoms with E-state index in [2.05, 4.69) is 56.1 Å². The van der Waals surface area contributed by atoms with Crippen molar-refractivity contribution in [1.82, 2.24) is 14.1 Å². The predicted molar refractivity (Wildman–Crippen MR) is 240 cm³/mol. The summed E-state index contributed by atoms with van der Waals surface area (Å²) in [5, 5.41) is 13.0. The molecule has 0 aliphatic carbocycles. The van der Waals surface area contributed by atoms with Gasteiger partial charge in [-0.25, -0.2) is 9.88 Å². The van der Waals surface area contributed by atoms with Gasteiger partial charge in [0.25, 0.3) is 6.33 Å². The van der Waals surface area contributed by atoms with Crippen molar-refractivity contribution < 1.29 is 18.3 Å². The maximum atomic E-state index is 10.9. The summed E-state index contributed by atoms with van der Waals surface area (Å²) >= 11 is 0. The third-order valence-electron chi connectivity index (χ3n) is 10.6. The van der Waals surface area contributed by atoms with Crippen LogP contribution in [0.1, 0.15) is 40.0 Å². The van der Waals surface area contributed by atoms with Crippen molar-refractivity contribution in [2.75, 3.05) is 4.90 Å². The molecule has 0 saturated carbocycles. The van der Waals surface area contributed by atoms with Crippen molar-refractivity contribution in [3.8, 4) is 45.6 Å². The third-order valence-corrected chi connectivity index (χ3v) is 10.6. The van der Waals surface area contributed by atoms with E-state index in [9.17, 15) is 5.26 Å². The average molecular weight is 771 g/mol. The summed E-state index contributed by atoms with van der Waals surface area (Å²) in [5.74, 6) is 0.752. The first-order valence-corrected chi connectivity index (χ1v) is 19.0. The smallest absolute Gasteiger partial charge is 0.269 e. The first-order chi connectivity index (χ1) is 33.0. The second-order valence-corrected chi connectivity index (χ2v) is 15.1. The molecule has 0 bridgehead atoms. The Kier molecular flexibility index (Phi) is 6.37. The van der Waals surface area contributed by atoms with Crippen molar-refractivity contribution >= 4 is 44.2 Å². The van der Waals surface area contributed by atoms with Gasteiger partial charge >= 0.3 is 0 Å². The number of benzene rings is 7. The number of pyridine rings is 1. The maximum Gasteiger partial charge on any atom is 0.269 e. The Balaban J connectivity index is 1.18. The van der Waals surface area contributed by atoms with Crippen LogP contribution in [0.2, 0.25) is 0 Å². The van der Waals surface area contributed by atoms with Crippen LogP contribution in [0.3, 0.4) is 0 Å². The monoisotopic (exact) mass is 770 g/mol. The molecule has 0 saturated heterocycles. The lowest BCUT2D eigenvalue weighted by Crippen LogP contribution is -2.31. The Morgan fingerprint density at radius 1 is 0.661 bits per heavy atom. The molecule has 6 nitrogen and oxygen atoms in total. The minimum absolute atomic E-state index is 0.119. The molecule has 3 heterocycles. The molecule has 0 fully saturated rings. The molecular formula is C53H40N6. The number of para-hydroxylation sites is 4.